The number of nitrogens with zero attached hydrogens (tertiary/aromatic N) is 2. The third-order valence-corrected chi connectivity index (χ3v) is 4.66. The van der Waals surface area contributed by atoms with Gasteiger partial charge >= 0.3 is 0 Å². The maximum Gasteiger partial charge on any atom is 0.130 e. The number of hydrogen-bond donors (Lipinski definition) is 1. The quantitative estimate of drug-likeness (QED) is 0.878. The molecule has 2 rings (SSSR count). The highest BCUT2D eigenvalue weighted by atomic mass is 35.5. The van der Waals surface area contributed by atoms with Gasteiger partial charge in [-0.1, -0.05) is 25.4 Å². The highest BCUT2D eigenvalue weighted by Crippen LogP contribution is 2.27. The minimum Gasteiger partial charge on any atom is -0.376 e. The highest BCUT2D eigenvalue weighted by molar-refractivity contribution is 6.30. The van der Waals surface area contributed by atoms with Gasteiger partial charge in [-0.2, -0.15) is 5.10 Å². The number of aryl methyl sites for hydroxylation is 2. The van der Waals surface area contributed by atoms with E-state index in [1.165, 1.54) is 0 Å². The molecule has 0 saturated carbocycles. The molecule has 1 aromatic heterocycles. The predicted octanol–water partition coefficient (Wildman–Crippen LogP) is 2.72. The Hall–Kier alpha value is -0.580. The number of ether oxygens (including phenoxy) is 1. The summed E-state index contributed by atoms with van der Waals surface area (Å²) in [4.78, 5) is 0. The lowest BCUT2D eigenvalue weighted by atomic mass is 9.93. The predicted molar refractivity (Wildman–Crippen MR) is 82.3 cm³/mol. The molecule has 1 fully saturated rings. The Bertz CT molecular complexity index is 447. The summed E-state index contributed by atoms with van der Waals surface area (Å²) in [5.74, 6) is 0.597. The van der Waals surface area contributed by atoms with Crippen LogP contribution in [0.4, 0.5) is 0 Å². The molecule has 0 bridgehead atoms. The first kappa shape index (κ1) is 15.8. The molecule has 1 saturated heterocycles. The molecule has 0 amide bonds. The van der Waals surface area contributed by atoms with Gasteiger partial charge in [-0.25, -0.2) is 0 Å². The number of rotatable bonds is 6. The van der Waals surface area contributed by atoms with Crippen LogP contribution in [0.2, 0.25) is 5.15 Å². The third kappa shape index (κ3) is 3.35. The van der Waals surface area contributed by atoms with E-state index in [9.17, 15) is 0 Å². The van der Waals surface area contributed by atoms with Crippen molar-refractivity contribution in [2.24, 2.45) is 13.0 Å². The van der Waals surface area contributed by atoms with Crippen LogP contribution >= 0.6 is 11.6 Å². The van der Waals surface area contributed by atoms with Gasteiger partial charge < -0.3 is 10.1 Å². The SMILES string of the molecule is CCCNC(Cc1c(C)nn(C)c1Cl)C1OCCC1C. The average molecular weight is 300 g/mol. The molecule has 1 aliphatic rings. The lowest BCUT2D eigenvalue weighted by Gasteiger charge is -2.27. The topological polar surface area (TPSA) is 39.1 Å². The molecule has 3 atom stereocenters. The molecule has 0 radical (unpaired) electrons. The number of hydrogen-bond acceptors (Lipinski definition) is 3. The van der Waals surface area contributed by atoms with E-state index in [-0.39, 0.29) is 6.10 Å². The highest BCUT2D eigenvalue weighted by Gasteiger charge is 2.32. The second-order valence-corrected chi connectivity index (χ2v) is 6.20. The first-order valence-electron chi connectivity index (χ1n) is 7.57. The van der Waals surface area contributed by atoms with Gasteiger partial charge in [0.1, 0.15) is 5.15 Å². The van der Waals surface area contributed by atoms with Crippen molar-refractivity contribution in [1.82, 2.24) is 15.1 Å². The molecule has 0 aliphatic carbocycles. The Morgan fingerprint density at radius 1 is 1.55 bits per heavy atom. The van der Waals surface area contributed by atoms with Crippen LogP contribution in [0.1, 0.15) is 37.9 Å². The lowest BCUT2D eigenvalue weighted by Crippen LogP contribution is -2.44. The van der Waals surface area contributed by atoms with Crippen molar-refractivity contribution >= 4 is 11.6 Å². The molecule has 0 aromatic carbocycles. The molecule has 3 unspecified atom stereocenters. The fraction of sp³-hybridized carbons (Fsp3) is 0.800. The number of halogens is 1. The number of aromatic nitrogens is 2. The van der Waals surface area contributed by atoms with Gasteiger partial charge in [-0.15, -0.1) is 0 Å². The van der Waals surface area contributed by atoms with Crippen LogP contribution < -0.4 is 5.32 Å². The Morgan fingerprint density at radius 3 is 2.80 bits per heavy atom. The van der Waals surface area contributed by atoms with Crippen LogP contribution in [0.15, 0.2) is 0 Å². The second-order valence-electron chi connectivity index (χ2n) is 5.84. The van der Waals surface area contributed by atoms with E-state index in [1.54, 1.807) is 4.68 Å². The van der Waals surface area contributed by atoms with Crippen LogP contribution in [0.5, 0.6) is 0 Å². The van der Waals surface area contributed by atoms with Crippen LogP contribution in [-0.2, 0) is 18.2 Å². The summed E-state index contributed by atoms with van der Waals surface area (Å²) in [6.45, 7) is 8.36. The summed E-state index contributed by atoms with van der Waals surface area (Å²) in [6.07, 6.45) is 3.43. The molecule has 4 nitrogen and oxygen atoms in total. The Morgan fingerprint density at radius 2 is 2.30 bits per heavy atom. The Kier molecular flexibility index (Phi) is 5.47. The van der Waals surface area contributed by atoms with E-state index in [0.717, 1.165) is 48.8 Å². The summed E-state index contributed by atoms with van der Waals surface area (Å²) in [5, 5.41) is 8.79. The standard InChI is InChI=1S/C15H26ClN3O/c1-5-7-17-13(14-10(2)6-8-20-14)9-12-11(3)18-19(4)15(12)16/h10,13-14,17H,5-9H2,1-4H3. The minimum absolute atomic E-state index is 0.275. The Balaban J connectivity index is 2.14. The molecule has 0 spiro atoms. The van der Waals surface area contributed by atoms with Crippen molar-refractivity contribution in [3.63, 3.8) is 0 Å². The zero-order valence-electron chi connectivity index (χ0n) is 12.9. The van der Waals surface area contributed by atoms with Crippen molar-refractivity contribution in [2.75, 3.05) is 13.2 Å². The van der Waals surface area contributed by atoms with E-state index in [1.807, 2.05) is 14.0 Å². The first-order chi connectivity index (χ1) is 9.54. The monoisotopic (exact) mass is 299 g/mol. The average Bonchev–Trinajstić information content (AvgIpc) is 2.93. The molecular weight excluding hydrogens is 274 g/mol. The molecular formula is C15H26ClN3O. The fourth-order valence-electron chi connectivity index (χ4n) is 2.99. The van der Waals surface area contributed by atoms with Gasteiger partial charge in [0.05, 0.1) is 11.8 Å². The zero-order valence-corrected chi connectivity index (χ0v) is 13.7. The summed E-state index contributed by atoms with van der Waals surface area (Å²) in [5.41, 5.74) is 2.16. The summed E-state index contributed by atoms with van der Waals surface area (Å²) < 4.78 is 7.70. The van der Waals surface area contributed by atoms with Crippen LogP contribution in [0.25, 0.3) is 0 Å². The molecule has 20 heavy (non-hydrogen) atoms. The summed E-state index contributed by atoms with van der Waals surface area (Å²) >= 11 is 6.37. The van der Waals surface area contributed by atoms with Crippen molar-refractivity contribution in [3.8, 4) is 0 Å². The van der Waals surface area contributed by atoms with Gasteiger partial charge in [0.2, 0.25) is 0 Å². The molecule has 2 heterocycles. The largest absolute Gasteiger partial charge is 0.376 e. The van der Waals surface area contributed by atoms with Crippen LogP contribution in [-0.4, -0.2) is 35.1 Å². The van der Waals surface area contributed by atoms with E-state index in [0.29, 0.717) is 12.0 Å². The van der Waals surface area contributed by atoms with E-state index in [2.05, 4.69) is 24.3 Å². The van der Waals surface area contributed by atoms with Crippen molar-refractivity contribution in [1.29, 1.82) is 0 Å². The summed E-state index contributed by atoms with van der Waals surface area (Å²) in [6, 6.07) is 0.313. The molecule has 1 N–H and O–H groups in total. The fourth-order valence-corrected chi connectivity index (χ4v) is 3.24. The normalized spacial score (nSPS) is 24.2. The maximum absolute atomic E-state index is 6.37. The van der Waals surface area contributed by atoms with Crippen molar-refractivity contribution in [2.45, 2.75) is 52.2 Å². The van der Waals surface area contributed by atoms with Crippen LogP contribution in [0.3, 0.4) is 0 Å². The van der Waals surface area contributed by atoms with E-state index in [4.69, 9.17) is 16.3 Å². The van der Waals surface area contributed by atoms with Gasteiger partial charge in [0.25, 0.3) is 0 Å². The van der Waals surface area contributed by atoms with E-state index < -0.39 is 0 Å². The molecule has 114 valence electrons. The maximum atomic E-state index is 6.37. The van der Waals surface area contributed by atoms with Crippen molar-refractivity contribution < 1.29 is 4.74 Å². The lowest BCUT2D eigenvalue weighted by molar-refractivity contribution is 0.0610. The minimum atomic E-state index is 0.275. The van der Waals surface area contributed by atoms with Crippen LogP contribution in [0, 0.1) is 12.8 Å². The van der Waals surface area contributed by atoms with Gasteiger partial charge in [0.15, 0.2) is 0 Å². The summed E-state index contributed by atoms with van der Waals surface area (Å²) in [7, 11) is 1.89. The molecule has 1 aliphatic heterocycles. The van der Waals surface area contributed by atoms with Gasteiger partial charge in [0, 0.05) is 25.3 Å². The first-order valence-corrected chi connectivity index (χ1v) is 7.95. The van der Waals surface area contributed by atoms with Gasteiger partial charge in [-0.05, 0) is 38.6 Å². The smallest absolute Gasteiger partial charge is 0.130 e. The van der Waals surface area contributed by atoms with Crippen molar-refractivity contribution in [3.05, 3.63) is 16.4 Å². The molecule has 5 heteroatoms. The zero-order chi connectivity index (χ0) is 14.7. The van der Waals surface area contributed by atoms with Gasteiger partial charge in [-0.3, -0.25) is 4.68 Å². The third-order valence-electron chi connectivity index (χ3n) is 4.19. The number of nitrogens with one attached hydrogen (secondary N) is 1. The van der Waals surface area contributed by atoms with E-state index >= 15 is 0 Å². The second kappa shape index (κ2) is 6.92. The molecule has 1 aromatic rings. The Labute approximate surface area is 126 Å².